The fourth-order valence-electron chi connectivity index (χ4n) is 2.78. The summed E-state index contributed by atoms with van der Waals surface area (Å²) in [4.78, 5) is 12.0. The number of carbonyl (C=O) groups is 1. The van der Waals surface area contributed by atoms with Gasteiger partial charge in [-0.1, -0.05) is 23.2 Å². The van der Waals surface area contributed by atoms with Gasteiger partial charge in [0.15, 0.2) is 5.69 Å². The Morgan fingerprint density at radius 2 is 2.04 bits per heavy atom. The molecule has 1 aliphatic carbocycles. The van der Waals surface area contributed by atoms with Crippen LogP contribution in [0.5, 0.6) is 0 Å². The third kappa shape index (κ3) is 4.57. The second kappa shape index (κ2) is 7.71. The number of hydrogen-bond acceptors (Lipinski definition) is 3. The van der Waals surface area contributed by atoms with E-state index in [0.29, 0.717) is 29.4 Å². The van der Waals surface area contributed by atoms with Gasteiger partial charge in [-0.25, -0.2) is 0 Å². The number of nitrogens with zero attached hydrogens (tertiary/aromatic N) is 4. The van der Waals surface area contributed by atoms with Crippen molar-refractivity contribution in [2.24, 2.45) is 0 Å². The van der Waals surface area contributed by atoms with Crippen LogP contribution in [-0.4, -0.2) is 32.0 Å². The van der Waals surface area contributed by atoms with Crippen LogP contribution in [0, 0.1) is 6.92 Å². The summed E-state index contributed by atoms with van der Waals surface area (Å²) in [5.74, 6) is -0.224. The zero-order chi connectivity index (χ0) is 19.8. The molecule has 6 nitrogen and oxygen atoms in total. The molecule has 1 saturated carbocycles. The highest BCUT2D eigenvalue weighted by Gasteiger charge is 2.41. The normalized spacial score (nSPS) is 14.6. The van der Waals surface area contributed by atoms with E-state index < -0.39 is 11.9 Å². The van der Waals surface area contributed by atoms with Crippen LogP contribution < -0.4 is 5.32 Å². The molecule has 0 unspecified atom stereocenters. The topological polar surface area (TPSA) is 64.7 Å². The molecule has 1 amide bonds. The minimum Gasteiger partial charge on any atom is -0.354 e. The number of aryl methyl sites for hydroxylation is 1. The standard InChI is InChI=1S/C16H18Cl2F3N5O/c1-9-11(17)7-23-26(9)8-12(27)22-5-2-6-25-14(10-3-4-10)13(18)15(24-25)16(19,20)21/h7,10H,2-6,8H2,1H3,(H,22,27). The highest BCUT2D eigenvalue weighted by atomic mass is 35.5. The number of hydrogen-bond donors (Lipinski definition) is 1. The Hall–Kier alpha value is -1.74. The monoisotopic (exact) mass is 423 g/mol. The van der Waals surface area contributed by atoms with Crippen LogP contribution in [0.2, 0.25) is 10.0 Å². The third-order valence-electron chi connectivity index (χ3n) is 4.37. The minimum atomic E-state index is -4.58. The summed E-state index contributed by atoms with van der Waals surface area (Å²) in [6.45, 7) is 2.32. The summed E-state index contributed by atoms with van der Waals surface area (Å²) in [5.41, 5.74) is 0.0880. The Bertz CT molecular complexity index is 842. The number of aromatic nitrogens is 4. The maximum Gasteiger partial charge on any atom is 0.436 e. The summed E-state index contributed by atoms with van der Waals surface area (Å²) in [7, 11) is 0. The molecule has 11 heteroatoms. The second-order valence-corrected chi connectivity index (χ2v) is 7.27. The van der Waals surface area contributed by atoms with Crippen LogP contribution in [-0.2, 0) is 24.1 Å². The molecule has 1 fully saturated rings. The summed E-state index contributed by atoms with van der Waals surface area (Å²) >= 11 is 11.8. The number of rotatable bonds is 7. The Morgan fingerprint density at radius 3 is 2.59 bits per heavy atom. The molecule has 1 N–H and O–H groups in total. The Kier molecular flexibility index (Phi) is 5.71. The van der Waals surface area contributed by atoms with Crippen LogP contribution in [0.15, 0.2) is 6.20 Å². The number of halogens is 5. The van der Waals surface area contributed by atoms with Crippen molar-refractivity contribution in [3.63, 3.8) is 0 Å². The smallest absolute Gasteiger partial charge is 0.354 e. The average molecular weight is 424 g/mol. The first-order valence-corrected chi connectivity index (χ1v) is 9.22. The molecule has 2 aromatic rings. The second-order valence-electron chi connectivity index (χ2n) is 6.48. The van der Waals surface area contributed by atoms with Gasteiger partial charge in [-0.15, -0.1) is 0 Å². The zero-order valence-electron chi connectivity index (χ0n) is 14.5. The third-order valence-corrected chi connectivity index (χ3v) is 5.11. The van der Waals surface area contributed by atoms with E-state index in [0.717, 1.165) is 12.8 Å². The van der Waals surface area contributed by atoms with Crippen LogP contribution >= 0.6 is 23.2 Å². The quantitative estimate of drug-likeness (QED) is 0.688. The van der Waals surface area contributed by atoms with Gasteiger partial charge in [-0.2, -0.15) is 23.4 Å². The van der Waals surface area contributed by atoms with Crippen molar-refractivity contribution in [2.45, 2.75) is 51.4 Å². The van der Waals surface area contributed by atoms with Gasteiger partial charge >= 0.3 is 6.18 Å². The lowest BCUT2D eigenvalue weighted by Gasteiger charge is -2.09. The van der Waals surface area contributed by atoms with Gasteiger partial charge in [-0.3, -0.25) is 14.2 Å². The SMILES string of the molecule is Cc1c(Cl)cnn1CC(=O)NCCCn1nc(C(F)(F)F)c(Cl)c1C1CC1. The molecule has 0 bridgehead atoms. The van der Waals surface area contributed by atoms with Crippen molar-refractivity contribution >= 4 is 29.1 Å². The fourth-order valence-corrected chi connectivity index (χ4v) is 3.32. The van der Waals surface area contributed by atoms with E-state index >= 15 is 0 Å². The summed E-state index contributed by atoms with van der Waals surface area (Å²) in [6.07, 6.45) is -1.07. The Balaban J connectivity index is 1.54. The van der Waals surface area contributed by atoms with Crippen molar-refractivity contribution < 1.29 is 18.0 Å². The lowest BCUT2D eigenvalue weighted by Crippen LogP contribution is -2.29. The molecule has 0 radical (unpaired) electrons. The molecular weight excluding hydrogens is 406 g/mol. The summed E-state index contributed by atoms with van der Waals surface area (Å²) in [6, 6.07) is 0. The number of alkyl halides is 3. The van der Waals surface area contributed by atoms with E-state index in [1.54, 1.807) is 6.92 Å². The van der Waals surface area contributed by atoms with E-state index in [1.165, 1.54) is 15.6 Å². The van der Waals surface area contributed by atoms with Crippen molar-refractivity contribution in [1.29, 1.82) is 0 Å². The van der Waals surface area contributed by atoms with E-state index in [4.69, 9.17) is 23.2 Å². The first kappa shape index (κ1) is 20.0. The molecule has 0 saturated heterocycles. The molecule has 27 heavy (non-hydrogen) atoms. The van der Waals surface area contributed by atoms with Gasteiger partial charge in [-0.05, 0) is 26.2 Å². The van der Waals surface area contributed by atoms with Crippen molar-refractivity contribution in [2.75, 3.05) is 6.54 Å². The highest BCUT2D eigenvalue weighted by molar-refractivity contribution is 6.32. The molecule has 0 aromatic carbocycles. The maximum atomic E-state index is 13.0. The van der Waals surface area contributed by atoms with Gasteiger partial charge < -0.3 is 5.32 Å². The first-order chi connectivity index (χ1) is 12.7. The molecule has 0 spiro atoms. The zero-order valence-corrected chi connectivity index (χ0v) is 16.0. The largest absolute Gasteiger partial charge is 0.436 e. The van der Waals surface area contributed by atoms with Gasteiger partial charge in [0.25, 0.3) is 0 Å². The lowest BCUT2D eigenvalue weighted by atomic mass is 10.2. The molecule has 2 aromatic heterocycles. The predicted octanol–water partition coefficient (Wildman–Crippen LogP) is 3.80. The molecule has 2 heterocycles. The minimum absolute atomic E-state index is 0.0255. The molecule has 148 valence electrons. The highest BCUT2D eigenvalue weighted by Crippen LogP contribution is 2.46. The van der Waals surface area contributed by atoms with E-state index in [2.05, 4.69) is 15.5 Å². The average Bonchev–Trinajstić information content (AvgIpc) is 3.30. The predicted molar refractivity (Wildman–Crippen MR) is 93.8 cm³/mol. The first-order valence-electron chi connectivity index (χ1n) is 8.46. The van der Waals surface area contributed by atoms with Crippen LogP contribution in [0.3, 0.4) is 0 Å². The number of amides is 1. The lowest BCUT2D eigenvalue weighted by molar-refractivity contribution is -0.141. The van der Waals surface area contributed by atoms with Gasteiger partial charge in [0.1, 0.15) is 6.54 Å². The fraction of sp³-hybridized carbons (Fsp3) is 0.562. The summed E-state index contributed by atoms with van der Waals surface area (Å²) in [5, 5.41) is 10.5. The molecule has 0 atom stereocenters. The van der Waals surface area contributed by atoms with E-state index in [9.17, 15) is 18.0 Å². The van der Waals surface area contributed by atoms with Gasteiger partial charge in [0.05, 0.1) is 27.6 Å². The van der Waals surface area contributed by atoms with E-state index in [1.807, 2.05) is 0 Å². The van der Waals surface area contributed by atoms with Crippen LogP contribution in [0.25, 0.3) is 0 Å². The number of nitrogens with one attached hydrogen (secondary N) is 1. The van der Waals surface area contributed by atoms with Crippen molar-refractivity contribution in [3.8, 4) is 0 Å². The van der Waals surface area contributed by atoms with Crippen LogP contribution in [0.4, 0.5) is 13.2 Å². The maximum absolute atomic E-state index is 13.0. The molecule has 1 aliphatic rings. The van der Waals surface area contributed by atoms with Crippen molar-refractivity contribution in [3.05, 3.63) is 33.3 Å². The molecule has 3 rings (SSSR count). The van der Waals surface area contributed by atoms with Crippen LogP contribution in [0.1, 0.15) is 42.3 Å². The molecule has 0 aliphatic heterocycles. The number of carbonyl (C=O) groups excluding carboxylic acids is 1. The van der Waals surface area contributed by atoms with E-state index in [-0.39, 0.29) is 29.9 Å². The summed E-state index contributed by atoms with van der Waals surface area (Å²) < 4.78 is 41.9. The Morgan fingerprint density at radius 1 is 1.33 bits per heavy atom. The molecular formula is C16H18Cl2F3N5O. The van der Waals surface area contributed by atoms with Crippen molar-refractivity contribution in [1.82, 2.24) is 24.9 Å². The Labute approximate surface area is 163 Å². The van der Waals surface area contributed by atoms with Gasteiger partial charge in [0.2, 0.25) is 5.91 Å². The van der Waals surface area contributed by atoms with Gasteiger partial charge in [0, 0.05) is 19.0 Å².